The molecule has 0 aromatic carbocycles. The number of nitrogens with zero attached hydrogens (tertiary/aromatic N) is 7. The van der Waals surface area contributed by atoms with Gasteiger partial charge in [-0.05, 0) is 12.3 Å². The van der Waals surface area contributed by atoms with Crippen molar-refractivity contribution in [2.45, 2.75) is 58.1 Å². The molecule has 4 heterocycles. The summed E-state index contributed by atoms with van der Waals surface area (Å²) < 4.78 is 8.14. The van der Waals surface area contributed by atoms with Gasteiger partial charge in [-0.2, -0.15) is 10.1 Å². The van der Waals surface area contributed by atoms with E-state index in [4.69, 9.17) is 9.72 Å². The molecule has 1 saturated heterocycles. The highest BCUT2D eigenvalue weighted by atomic mass is 16.5. The maximum atomic E-state index is 6.30. The number of hydrogen-bond donors (Lipinski definition) is 0. The summed E-state index contributed by atoms with van der Waals surface area (Å²) in [5.41, 5.74) is 2.44. The van der Waals surface area contributed by atoms with Crippen molar-refractivity contribution in [1.29, 1.82) is 0 Å². The Morgan fingerprint density at radius 3 is 2.80 bits per heavy atom. The first-order chi connectivity index (χ1) is 14.7. The van der Waals surface area contributed by atoms with Gasteiger partial charge in [-0.15, -0.1) is 0 Å². The molecular weight excluding hydrogens is 378 g/mol. The number of rotatable bonds is 8. The maximum absolute atomic E-state index is 6.30. The number of morpholine rings is 1. The van der Waals surface area contributed by atoms with Gasteiger partial charge in [-0.3, -0.25) is 4.68 Å². The molecule has 8 nitrogen and oxygen atoms in total. The summed E-state index contributed by atoms with van der Waals surface area (Å²) in [6.07, 6.45) is 15.2. The molecule has 3 aromatic heterocycles. The molecule has 0 aliphatic carbocycles. The predicted octanol–water partition coefficient (Wildman–Crippen LogP) is 3.71. The van der Waals surface area contributed by atoms with E-state index >= 15 is 0 Å². The second-order valence-electron chi connectivity index (χ2n) is 8.18. The molecule has 0 N–H and O–H groups in total. The molecule has 30 heavy (non-hydrogen) atoms. The van der Waals surface area contributed by atoms with Gasteiger partial charge in [-0.25, -0.2) is 15.0 Å². The van der Waals surface area contributed by atoms with E-state index in [-0.39, 0.29) is 12.1 Å². The molecule has 1 aliphatic rings. The fraction of sp³-hybridized carbons (Fsp3) is 0.591. The third-order valence-electron chi connectivity index (χ3n) is 5.92. The highest BCUT2D eigenvalue weighted by molar-refractivity contribution is 5.69. The minimum absolute atomic E-state index is 0.0604. The lowest BCUT2D eigenvalue weighted by Crippen LogP contribution is -2.51. The van der Waals surface area contributed by atoms with Crippen LogP contribution in [0.1, 0.15) is 57.6 Å². The molecule has 0 radical (unpaired) electrons. The maximum Gasteiger partial charge on any atom is 0.227 e. The van der Waals surface area contributed by atoms with Gasteiger partial charge >= 0.3 is 0 Å². The first-order valence-corrected chi connectivity index (χ1v) is 11.0. The summed E-state index contributed by atoms with van der Waals surface area (Å²) in [4.78, 5) is 20.4. The third kappa shape index (κ3) is 4.43. The Balaban J connectivity index is 1.64. The molecular formula is C22H31N7O. The van der Waals surface area contributed by atoms with Crippen molar-refractivity contribution in [2.24, 2.45) is 13.0 Å². The van der Waals surface area contributed by atoms with Crippen molar-refractivity contribution < 1.29 is 4.74 Å². The summed E-state index contributed by atoms with van der Waals surface area (Å²) >= 11 is 0. The fourth-order valence-corrected chi connectivity index (χ4v) is 4.37. The van der Waals surface area contributed by atoms with Crippen LogP contribution in [0.2, 0.25) is 0 Å². The highest BCUT2D eigenvalue weighted by Gasteiger charge is 2.39. The van der Waals surface area contributed by atoms with E-state index in [9.17, 15) is 0 Å². The minimum atomic E-state index is -0.0604. The second kappa shape index (κ2) is 9.47. The Bertz CT molecular complexity index is 959. The summed E-state index contributed by atoms with van der Waals surface area (Å²) in [5.74, 6) is 1.12. The zero-order valence-electron chi connectivity index (χ0n) is 18.1. The van der Waals surface area contributed by atoms with Crippen LogP contribution in [0.5, 0.6) is 0 Å². The smallest absolute Gasteiger partial charge is 0.227 e. The van der Waals surface area contributed by atoms with Crippen molar-refractivity contribution in [3.63, 3.8) is 0 Å². The van der Waals surface area contributed by atoms with Crippen LogP contribution in [-0.2, 0) is 11.8 Å². The van der Waals surface area contributed by atoms with Crippen LogP contribution < -0.4 is 4.90 Å². The molecule has 0 bridgehead atoms. The average molecular weight is 410 g/mol. The predicted molar refractivity (Wildman–Crippen MR) is 116 cm³/mol. The molecule has 0 saturated carbocycles. The van der Waals surface area contributed by atoms with E-state index in [2.05, 4.69) is 45.0 Å². The third-order valence-corrected chi connectivity index (χ3v) is 5.92. The van der Waals surface area contributed by atoms with Crippen LogP contribution in [0.15, 0.2) is 31.0 Å². The molecule has 0 amide bonds. The van der Waals surface area contributed by atoms with Crippen LogP contribution >= 0.6 is 0 Å². The molecule has 8 heteroatoms. The lowest BCUT2D eigenvalue weighted by Gasteiger charge is -2.44. The van der Waals surface area contributed by atoms with Crippen molar-refractivity contribution >= 4 is 17.1 Å². The monoisotopic (exact) mass is 409 g/mol. The van der Waals surface area contributed by atoms with Crippen LogP contribution in [0.25, 0.3) is 11.2 Å². The van der Waals surface area contributed by atoms with Crippen LogP contribution in [0.3, 0.4) is 0 Å². The van der Waals surface area contributed by atoms with E-state index in [1.807, 2.05) is 17.9 Å². The second-order valence-corrected chi connectivity index (χ2v) is 8.18. The summed E-state index contributed by atoms with van der Waals surface area (Å²) in [6, 6.07) is 0.138. The van der Waals surface area contributed by atoms with Gasteiger partial charge in [0.25, 0.3) is 0 Å². The Morgan fingerprint density at radius 1 is 1.13 bits per heavy atom. The topological polar surface area (TPSA) is 81.9 Å². The van der Waals surface area contributed by atoms with E-state index in [1.54, 1.807) is 18.6 Å². The van der Waals surface area contributed by atoms with Crippen molar-refractivity contribution in [1.82, 2.24) is 29.7 Å². The lowest BCUT2D eigenvalue weighted by atomic mass is 9.87. The van der Waals surface area contributed by atoms with Gasteiger partial charge < -0.3 is 9.64 Å². The molecule has 1 fully saturated rings. The zero-order chi connectivity index (χ0) is 20.9. The fourth-order valence-electron chi connectivity index (χ4n) is 4.37. The van der Waals surface area contributed by atoms with Crippen LogP contribution in [0.4, 0.5) is 5.95 Å². The quantitative estimate of drug-likeness (QED) is 0.525. The number of aromatic nitrogens is 6. The Morgan fingerprint density at radius 2 is 2.00 bits per heavy atom. The van der Waals surface area contributed by atoms with E-state index < -0.39 is 0 Å². The molecule has 1 aliphatic heterocycles. The first-order valence-electron chi connectivity index (χ1n) is 11.0. The summed E-state index contributed by atoms with van der Waals surface area (Å²) in [7, 11) is 1.94. The van der Waals surface area contributed by atoms with Gasteiger partial charge in [0.05, 0.1) is 25.0 Å². The van der Waals surface area contributed by atoms with Crippen LogP contribution in [-0.4, -0.2) is 48.9 Å². The number of aryl methyl sites for hydroxylation is 1. The summed E-state index contributed by atoms with van der Waals surface area (Å²) in [5, 5.41) is 4.38. The zero-order valence-corrected chi connectivity index (χ0v) is 18.1. The minimum Gasteiger partial charge on any atom is -0.369 e. The normalized spacial score (nSPS) is 20.6. The SMILES string of the molecule is CCCCCCC(C)C1C(c2cnn(C)c2)OCCN1c1ncc2nccnc2n1. The highest BCUT2D eigenvalue weighted by Crippen LogP contribution is 2.36. The number of unbranched alkanes of at least 4 members (excludes halogenated alkanes) is 3. The molecule has 160 valence electrons. The van der Waals surface area contributed by atoms with Crippen LogP contribution in [0, 0.1) is 5.92 Å². The first kappa shape index (κ1) is 20.7. The van der Waals surface area contributed by atoms with Gasteiger partial charge in [0.15, 0.2) is 5.65 Å². The number of hydrogen-bond acceptors (Lipinski definition) is 7. The van der Waals surface area contributed by atoms with Crippen molar-refractivity contribution in [2.75, 3.05) is 18.1 Å². The Kier molecular flexibility index (Phi) is 6.52. The number of fused-ring (bicyclic) bond motifs is 1. The molecule has 0 spiro atoms. The molecule has 3 aromatic rings. The average Bonchev–Trinajstić information content (AvgIpc) is 3.22. The van der Waals surface area contributed by atoms with Gasteiger partial charge in [-0.1, -0.05) is 39.5 Å². The van der Waals surface area contributed by atoms with Gasteiger partial charge in [0, 0.05) is 37.7 Å². The Hall–Kier alpha value is -2.61. The summed E-state index contributed by atoms with van der Waals surface area (Å²) in [6.45, 7) is 5.95. The van der Waals surface area contributed by atoms with E-state index in [1.165, 1.54) is 25.7 Å². The van der Waals surface area contributed by atoms with Gasteiger partial charge in [0.1, 0.15) is 11.6 Å². The standard InChI is InChI=1S/C22H31N7O/c1-4-5-6-7-8-16(2)19-20(17-13-26-28(3)15-17)30-12-11-29(19)22-25-14-18-21(27-22)24-10-9-23-18/h9-10,13-16,19-20H,4-8,11-12H2,1-3H3. The van der Waals surface area contributed by atoms with Gasteiger partial charge in [0.2, 0.25) is 5.95 Å². The molecule has 3 unspecified atom stereocenters. The Labute approximate surface area is 177 Å². The van der Waals surface area contributed by atoms with Crippen molar-refractivity contribution in [3.8, 4) is 0 Å². The number of anilines is 1. The molecule has 3 atom stereocenters. The molecule has 4 rings (SSSR count). The lowest BCUT2D eigenvalue weighted by molar-refractivity contribution is -0.00639. The van der Waals surface area contributed by atoms with Crippen molar-refractivity contribution in [3.05, 3.63) is 36.5 Å². The number of ether oxygens (including phenoxy) is 1. The largest absolute Gasteiger partial charge is 0.369 e. The van der Waals surface area contributed by atoms with E-state index in [0.717, 1.165) is 18.5 Å². The van der Waals surface area contributed by atoms with E-state index in [0.29, 0.717) is 29.6 Å².